The van der Waals surface area contributed by atoms with Gasteiger partial charge in [0, 0.05) is 24.2 Å². The number of anilines is 2. The highest BCUT2D eigenvalue weighted by Crippen LogP contribution is 2.35. The predicted molar refractivity (Wildman–Crippen MR) is 114 cm³/mol. The highest BCUT2D eigenvalue weighted by molar-refractivity contribution is 7.15. The van der Waals surface area contributed by atoms with Gasteiger partial charge in [-0.3, -0.25) is 10.1 Å². The SMILES string of the molecule is CCN(CC(=O)Nc1cccc(OC)c1)C(=O)Nc1nnc(C2CCCCC2)s1. The van der Waals surface area contributed by atoms with Crippen LogP contribution in [0.3, 0.4) is 0 Å². The van der Waals surface area contributed by atoms with Crippen molar-refractivity contribution >= 4 is 34.1 Å². The zero-order chi connectivity index (χ0) is 20.6. The van der Waals surface area contributed by atoms with Gasteiger partial charge in [0.05, 0.1) is 7.11 Å². The summed E-state index contributed by atoms with van der Waals surface area (Å²) in [5.74, 6) is 0.816. The maximum absolute atomic E-state index is 12.6. The van der Waals surface area contributed by atoms with Crippen LogP contribution in [0.15, 0.2) is 24.3 Å². The van der Waals surface area contributed by atoms with Gasteiger partial charge in [-0.2, -0.15) is 0 Å². The molecule has 0 aliphatic heterocycles. The molecule has 0 unspecified atom stereocenters. The second kappa shape index (κ2) is 10.2. The van der Waals surface area contributed by atoms with E-state index in [1.807, 2.05) is 6.92 Å². The van der Waals surface area contributed by atoms with E-state index in [-0.39, 0.29) is 18.5 Å². The molecule has 1 aromatic carbocycles. The Hall–Kier alpha value is -2.68. The standard InChI is InChI=1S/C20H27N5O3S/c1-3-25(13-17(26)21-15-10-7-11-16(12-15)28-2)20(27)22-19-24-23-18(29-19)14-8-5-4-6-9-14/h7,10-12,14H,3-6,8-9,13H2,1-2H3,(H,21,26)(H,22,24,27). The lowest BCUT2D eigenvalue weighted by atomic mass is 9.90. The average molecular weight is 418 g/mol. The van der Waals surface area contributed by atoms with Gasteiger partial charge in [-0.1, -0.05) is 36.7 Å². The van der Waals surface area contributed by atoms with Crippen LogP contribution in [0, 0.1) is 0 Å². The molecular formula is C20H27N5O3S. The van der Waals surface area contributed by atoms with Crippen LogP contribution >= 0.6 is 11.3 Å². The molecule has 0 spiro atoms. The van der Waals surface area contributed by atoms with Crippen LogP contribution in [0.2, 0.25) is 0 Å². The second-order valence-electron chi connectivity index (χ2n) is 7.00. The van der Waals surface area contributed by atoms with Crippen molar-refractivity contribution in [2.75, 3.05) is 30.8 Å². The smallest absolute Gasteiger partial charge is 0.324 e. The Balaban J connectivity index is 1.54. The third kappa shape index (κ3) is 5.90. The Morgan fingerprint density at radius 1 is 1.21 bits per heavy atom. The summed E-state index contributed by atoms with van der Waals surface area (Å²) in [6.07, 6.45) is 5.99. The van der Waals surface area contributed by atoms with E-state index >= 15 is 0 Å². The van der Waals surface area contributed by atoms with Crippen LogP contribution in [0.1, 0.15) is 50.0 Å². The summed E-state index contributed by atoms with van der Waals surface area (Å²) >= 11 is 1.43. The summed E-state index contributed by atoms with van der Waals surface area (Å²) in [5, 5.41) is 15.4. The van der Waals surface area contributed by atoms with Crippen LogP contribution in [-0.2, 0) is 4.79 Å². The van der Waals surface area contributed by atoms with Gasteiger partial charge in [0.1, 0.15) is 17.3 Å². The first-order valence-corrected chi connectivity index (χ1v) is 10.7. The third-order valence-electron chi connectivity index (χ3n) is 4.97. The van der Waals surface area contributed by atoms with Crippen LogP contribution < -0.4 is 15.4 Å². The Bertz CT molecular complexity index is 835. The Morgan fingerprint density at radius 2 is 2.00 bits per heavy atom. The topological polar surface area (TPSA) is 96.5 Å². The molecule has 0 saturated heterocycles. The second-order valence-corrected chi connectivity index (χ2v) is 8.01. The summed E-state index contributed by atoms with van der Waals surface area (Å²) in [5.41, 5.74) is 0.618. The van der Waals surface area contributed by atoms with Gasteiger partial charge in [-0.25, -0.2) is 4.79 Å². The molecule has 9 heteroatoms. The van der Waals surface area contributed by atoms with Gasteiger partial charge in [-0.15, -0.1) is 10.2 Å². The number of ether oxygens (including phenoxy) is 1. The average Bonchev–Trinajstić information content (AvgIpc) is 3.21. The fraction of sp³-hybridized carbons (Fsp3) is 0.500. The summed E-state index contributed by atoms with van der Waals surface area (Å²) < 4.78 is 5.15. The quantitative estimate of drug-likeness (QED) is 0.707. The first-order valence-electron chi connectivity index (χ1n) is 9.92. The minimum atomic E-state index is -0.361. The third-order valence-corrected chi connectivity index (χ3v) is 5.97. The predicted octanol–water partition coefficient (Wildman–Crippen LogP) is 4.09. The van der Waals surface area contributed by atoms with Gasteiger partial charge in [0.15, 0.2) is 0 Å². The maximum Gasteiger partial charge on any atom is 0.324 e. The number of carbonyl (C=O) groups excluding carboxylic acids is 2. The molecule has 2 aromatic rings. The highest BCUT2D eigenvalue weighted by atomic mass is 32.1. The molecule has 1 aliphatic rings. The fourth-order valence-corrected chi connectivity index (χ4v) is 4.27. The van der Waals surface area contributed by atoms with E-state index < -0.39 is 0 Å². The largest absolute Gasteiger partial charge is 0.497 e. The molecule has 156 valence electrons. The van der Waals surface area contributed by atoms with Crippen molar-refractivity contribution in [2.45, 2.75) is 44.9 Å². The van der Waals surface area contributed by atoms with Crippen molar-refractivity contribution in [3.63, 3.8) is 0 Å². The monoisotopic (exact) mass is 417 g/mol. The van der Waals surface area contributed by atoms with E-state index in [9.17, 15) is 9.59 Å². The lowest BCUT2D eigenvalue weighted by Gasteiger charge is -2.20. The molecule has 2 N–H and O–H groups in total. The van der Waals surface area contributed by atoms with Gasteiger partial charge < -0.3 is 15.0 Å². The molecular weight excluding hydrogens is 390 g/mol. The number of rotatable bonds is 7. The van der Waals surface area contributed by atoms with Crippen molar-refractivity contribution in [3.05, 3.63) is 29.3 Å². The number of amides is 3. The number of nitrogens with zero attached hydrogens (tertiary/aromatic N) is 3. The van der Waals surface area contributed by atoms with Crippen molar-refractivity contribution in [1.29, 1.82) is 0 Å². The summed E-state index contributed by atoms with van der Waals surface area (Å²) in [7, 11) is 1.57. The molecule has 29 heavy (non-hydrogen) atoms. The van der Waals surface area contributed by atoms with Crippen LogP contribution in [0.25, 0.3) is 0 Å². The number of hydrogen-bond donors (Lipinski definition) is 2. The number of carbonyl (C=O) groups is 2. The summed E-state index contributed by atoms with van der Waals surface area (Å²) in [6.45, 7) is 2.16. The number of urea groups is 1. The fourth-order valence-electron chi connectivity index (χ4n) is 3.37. The maximum atomic E-state index is 12.6. The molecule has 0 bridgehead atoms. The van der Waals surface area contributed by atoms with E-state index in [2.05, 4.69) is 20.8 Å². The molecule has 1 saturated carbocycles. The molecule has 1 aromatic heterocycles. The minimum Gasteiger partial charge on any atom is -0.497 e. The lowest BCUT2D eigenvalue weighted by molar-refractivity contribution is -0.116. The molecule has 1 heterocycles. The number of likely N-dealkylation sites (N-methyl/N-ethyl adjacent to an activating group) is 1. The van der Waals surface area contributed by atoms with Gasteiger partial charge >= 0.3 is 6.03 Å². The normalized spacial score (nSPS) is 14.3. The Kier molecular flexibility index (Phi) is 7.40. The van der Waals surface area contributed by atoms with Crippen LogP contribution in [0.4, 0.5) is 15.6 Å². The van der Waals surface area contributed by atoms with Crippen LogP contribution in [0.5, 0.6) is 5.75 Å². The summed E-state index contributed by atoms with van der Waals surface area (Å²) in [6, 6.07) is 6.72. The molecule has 8 nitrogen and oxygen atoms in total. The lowest BCUT2D eigenvalue weighted by Crippen LogP contribution is -2.40. The van der Waals surface area contributed by atoms with E-state index in [4.69, 9.17) is 4.74 Å². The number of nitrogens with one attached hydrogen (secondary N) is 2. The van der Waals surface area contributed by atoms with E-state index in [0.29, 0.717) is 29.0 Å². The van der Waals surface area contributed by atoms with Crippen molar-refractivity contribution in [2.24, 2.45) is 0 Å². The molecule has 1 aliphatic carbocycles. The molecule has 1 fully saturated rings. The molecule has 3 amide bonds. The van der Waals surface area contributed by atoms with Crippen molar-refractivity contribution < 1.29 is 14.3 Å². The van der Waals surface area contributed by atoms with E-state index in [0.717, 1.165) is 17.8 Å². The van der Waals surface area contributed by atoms with E-state index in [1.165, 1.54) is 35.5 Å². The van der Waals surface area contributed by atoms with Gasteiger partial charge in [-0.05, 0) is 31.9 Å². The number of aromatic nitrogens is 2. The number of hydrogen-bond acceptors (Lipinski definition) is 6. The van der Waals surface area contributed by atoms with E-state index in [1.54, 1.807) is 31.4 Å². The summed E-state index contributed by atoms with van der Waals surface area (Å²) in [4.78, 5) is 26.3. The zero-order valence-electron chi connectivity index (χ0n) is 16.8. The van der Waals surface area contributed by atoms with Crippen molar-refractivity contribution in [3.8, 4) is 5.75 Å². The van der Waals surface area contributed by atoms with Gasteiger partial charge in [0.2, 0.25) is 11.0 Å². The van der Waals surface area contributed by atoms with Crippen LogP contribution in [-0.4, -0.2) is 47.2 Å². The first kappa shape index (κ1) is 21.0. The number of benzene rings is 1. The number of methoxy groups -OCH3 is 1. The highest BCUT2D eigenvalue weighted by Gasteiger charge is 2.22. The molecule has 3 rings (SSSR count). The van der Waals surface area contributed by atoms with Crippen molar-refractivity contribution in [1.82, 2.24) is 15.1 Å². The zero-order valence-corrected chi connectivity index (χ0v) is 17.6. The Morgan fingerprint density at radius 3 is 2.72 bits per heavy atom. The minimum absolute atomic E-state index is 0.0617. The first-order chi connectivity index (χ1) is 14.1. The van der Waals surface area contributed by atoms with Gasteiger partial charge in [0.25, 0.3) is 0 Å². The molecule has 0 radical (unpaired) electrons. The Labute approximate surface area is 174 Å². The molecule has 0 atom stereocenters.